The van der Waals surface area contributed by atoms with Gasteiger partial charge in [-0.05, 0) is 0 Å². The van der Waals surface area contributed by atoms with Crippen molar-refractivity contribution in [1.82, 2.24) is 9.80 Å². The van der Waals surface area contributed by atoms with Crippen LogP contribution >= 0.6 is 0 Å². The van der Waals surface area contributed by atoms with Gasteiger partial charge in [-0.2, -0.15) is 0 Å². The lowest BCUT2D eigenvalue weighted by atomic mass is 10.3. The maximum atomic E-state index is 11.6. The zero-order chi connectivity index (χ0) is 12.0. The molecule has 6 heteroatoms. The molecule has 0 bridgehead atoms. The lowest BCUT2D eigenvalue weighted by Crippen LogP contribution is -2.50. The summed E-state index contributed by atoms with van der Waals surface area (Å²) in [6.45, 7) is 3.91. The summed E-state index contributed by atoms with van der Waals surface area (Å²) in [7, 11) is 0. The second-order valence-corrected chi connectivity index (χ2v) is 3.66. The maximum Gasteiger partial charge on any atom is 0.248 e. The number of carbonyl (C=O) groups excluding carboxylic acids is 2. The van der Waals surface area contributed by atoms with Crippen LogP contribution in [-0.4, -0.2) is 72.7 Å². The fourth-order valence-corrected chi connectivity index (χ4v) is 1.59. The molecule has 1 aliphatic heterocycles. The van der Waals surface area contributed by atoms with Crippen LogP contribution in [0, 0.1) is 0 Å². The van der Waals surface area contributed by atoms with Gasteiger partial charge in [-0.15, -0.1) is 0 Å². The Balaban J connectivity index is 2.25. The third kappa shape index (κ3) is 3.79. The van der Waals surface area contributed by atoms with Crippen LogP contribution < -0.4 is 0 Å². The SMILES string of the molecule is CC(=O)N1CCN(C(=O)COCCO)CC1. The number of carbonyl (C=O) groups is 2. The summed E-state index contributed by atoms with van der Waals surface area (Å²) < 4.78 is 4.95. The molecule has 1 N–H and O–H groups in total. The van der Waals surface area contributed by atoms with Gasteiger partial charge in [0.1, 0.15) is 6.61 Å². The molecule has 0 atom stereocenters. The molecule has 1 aliphatic rings. The van der Waals surface area contributed by atoms with Crippen LogP contribution in [0.4, 0.5) is 0 Å². The number of hydrogen-bond acceptors (Lipinski definition) is 4. The van der Waals surface area contributed by atoms with Gasteiger partial charge in [0.05, 0.1) is 13.2 Å². The summed E-state index contributed by atoms with van der Waals surface area (Å²) in [6.07, 6.45) is 0. The standard InChI is InChI=1S/C10H18N2O4/c1-9(14)11-2-4-12(5-3-11)10(15)8-16-7-6-13/h13H,2-8H2,1H3. The van der Waals surface area contributed by atoms with E-state index in [9.17, 15) is 9.59 Å². The number of ether oxygens (including phenoxy) is 1. The minimum absolute atomic E-state index is 0.000626. The van der Waals surface area contributed by atoms with Crippen LogP contribution in [0.25, 0.3) is 0 Å². The van der Waals surface area contributed by atoms with Crippen molar-refractivity contribution in [2.45, 2.75) is 6.92 Å². The molecular weight excluding hydrogens is 212 g/mol. The fourth-order valence-electron chi connectivity index (χ4n) is 1.59. The number of piperazine rings is 1. The summed E-state index contributed by atoms with van der Waals surface area (Å²) >= 11 is 0. The van der Waals surface area contributed by atoms with Crippen molar-refractivity contribution in [3.8, 4) is 0 Å². The molecule has 1 rings (SSSR count). The number of aliphatic hydroxyl groups is 1. The molecule has 0 aromatic carbocycles. The van der Waals surface area contributed by atoms with E-state index >= 15 is 0 Å². The van der Waals surface area contributed by atoms with Gasteiger partial charge >= 0.3 is 0 Å². The molecule has 0 aromatic heterocycles. The molecule has 1 heterocycles. The third-order valence-electron chi connectivity index (χ3n) is 2.54. The van der Waals surface area contributed by atoms with Crippen molar-refractivity contribution in [3.63, 3.8) is 0 Å². The highest BCUT2D eigenvalue weighted by molar-refractivity contribution is 5.78. The van der Waals surface area contributed by atoms with Crippen molar-refractivity contribution in [2.75, 3.05) is 46.0 Å². The predicted octanol–water partition coefficient (Wildman–Crippen LogP) is -1.31. The van der Waals surface area contributed by atoms with E-state index in [-0.39, 0.29) is 31.6 Å². The van der Waals surface area contributed by atoms with Gasteiger partial charge in [0.25, 0.3) is 0 Å². The number of aliphatic hydroxyl groups excluding tert-OH is 1. The summed E-state index contributed by atoms with van der Waals surface area (Å²) in [5.74, 6) is -0.0414. The minimum Gasteiger partial charge on any atom is -0.394 e. The van der Waals surface area contributed by atoms with Gasteiger partial charge in [-0.25, -0.2) is 0 Å². The van der Waals surface area contributed by atoms with E-state index in [1.54, 1.807) is 9.80 Å². The third-order valence-corrected chi connectivity index (χ3v) is 2.54. The zero-order valence-corrected chi connectivity index (χ0v) is 9.52. The molecule has 16 heavy (non-hydrogen) atoms. The topological polar surface area (TPSA) is 70.1 Å². The van der Waals surface area contributed by atoms with Crippen molar-refractivity contribution in [2.24, 2.45) is 0 Å². The fraction of sp³-hybridized carbons (Fsp3) is 0.800. The first kappa shape index (κ1) is 12.9. The number of rotatable bonds is 4. The largest absolute Gasteiger partial charge is 0.394 e. The van der Waals surface area contributed by atoms with E-state index in [1.165, 1.54) is 6.92 Å². The Labute approximate surface area is 94.8 Å². The van der Waals surface area contributed by atoms with Crippen LogP contribution in [0.1, 0.15) is 6.92 Å². The van der Waals surface area contributed by atoms with Crippen LogP contribution in [0.15, 0.2) is 0 Å². The van der Waals surface area contributed by atoms with Crippen molar-refractivity contribution in [3.05, 3.63) is 0 Å². The monoisotopic (exact) mass is 230 g/mol. The van der Waals surface area contributed by atoms with Gasteiger partial charge in [0.15, 0.2) is 0 Å². The van der Waals surface area contributed by atoms with Crippen LogP contribution in [0.5, 0.6) is 0 Å². The molecule has 92 valence electrons. The molecule has 1 fully saturated rings. The van der Waals surface area contributed by atoms with E-state index in [4.69, 9.17) is 9.84 Å². The molecule has 0 radical (unpaired) electrons. The zero-order valence-electron chi connectivity index (χ0n) is 9.52. The molecule has 0 unspecified atom stereocenters. The molecular formula is C10H18N2O4. The first-order valence-electron chi connectivity index (χ1n) is 5.37. The Hall–Kier alpha value is -1.14. The van der Waals surface area contributed by atoms with E-state index < -0.39 is 0 Å². The van der Waals surface area contributed by atoms with E-state index in [1.807, 2.05) is 0 Å². The lowest BCUT2D eigenvalue weighted by Gasteiger charge is -2.34. The lowest BCUT2D eigenvalue weighted by molar-refractivity contribution is -0.141. The Bertz CT molecular complexity index is 249. The van der Waals surface area contributed by atoms with Gasteiger partial charge in [-0.1, -0.05) is 0 Å². The highest BCUT2D eigenvalue weighted by Crippen LogP contribution is 2.02. The van der Waals surface area contributed by atoms with Crippen molar-refractivity contribution >= 4 is 11.8 Å². The van der Waals surface area contributed by atoms with E-state index in [2.05, 4.69) is 0 Å². The Morgan fingerprint density at radius 3 is 2.25 bits per heavy atom. The Morgan fingerprint density at radius 1 is 1.19 bits per heavy atom. The molecule has 0 saturated carbocycles. The van der Waals surface area contributed by atoms with Gasteiger partial charge < -0.3 is 19.6 Å². The Kier molecular flexibility index (Phi) is 5.21. The van der Waals surface area contributed by atoms with Crippen LogP contribution in [0.3, 0.4) is 0 Å². The van der Waals surface area contributed by atoms with Crippen LogP contribution in [-0.2, 0) is 14.3 Å². The predicted molar refractivity (Wildman–Crippen MR) is 56.7 cm³/mol. The summed E-state index contributed by atoms with van der Waals surface area (Å²) in [5, 5.41) is 8.49. The number of amides is 2. The van der Waals surface area contributed by atoms with Gasteiger partial charge in [-0.3, -0.25) is 9.59 Å². The van der Waals surface area contributed by atoms with Gasteiger partial charge in [0, 0.05) is 33.1 Å². The second-order valence-electron chi connectivity index (χ2n) is 3.66. The smallest absolute Gasteiger partial charge is 0.248 e. The second kappa shape index (κ2) is 6.44. The summed E-state index contributed by atoms with van der Waals surface area (Å²) in [5.41, 5.74) is 0. The summed E-state index contributed by atoms with van der Waals surface area (Å²) in [6, 6.07) is 0. The molecule has 0 spiro atoms. The number of nitrogens with zero attached hydrogens (tertiary/aromatic N) is 2. The average Bonchev–Trinajstić information content (AvgIpc) is 2.29. The molecule has 0 aromatic rings. The van der Waals surface area contributed by atoms with E-state index in [0.717, 1.165) is 0 Å². The highest BCUT2D eigenvalue weighted by Gasteiger charge is 2.21. The van der Waals surface area contributed by atoms with Gasteiger partial charge in [0.2, 0.25) is 11.8 Å². The molecule has 6 nitrogen and oxygen atoms in total. The number of hydrogen-bond donors (Lipinski definition) is 1. The van der Waals surface area contributed by atoms with E-state index in [0.29, 0.717) is 26.2 Å². The minimum atomic E-state index is -0.0864. The first-order valence-corrected chi connectivity index (χ1v) is 5.37. The molecule has 2 amide bonds. The molecule has 1 saturated heterocycles. The Morgan fingerprint density at radius 2 is 1.75 bits per heavy atom. The normalized spacial score (nSPS) is 16.4. The quantitative estimate of drug-likeness (QED) is 0.609. The average molecular weight is 230 g/mol. The first-order chi connectivity index (χ1) is 7.65. The maximum absolute atomic E-state index is 11.6. The van der Waals surface area contributed by atoms with Crippen LogP contribution in [0.2, 0.25) is 0 Å². The highest BCUT2D eigenvalue weighted by atomic mass is 16.5. The molecule has 0 aliphatic carbocycles. The summed E-state index contributed by atoms with van der Waals surface area (Å²) in [4.78, 5) is 26.0. The van der Waals surface area contributed by atoms with Crippen molar-refractivity contribution in [1.29, 1.82) is 0 Å². The van der Waals surface area contributed by atoms with Crippen molar-refractivity contribution < 1.29 is 19.4 Å².